The molecule has 0 fully saturated rings. The van der Waals surface area contributed by atoms with E-state index in [1.54, 1.807) is 0 Å². The van der Waals surface area contributed by atoms with Gasteiger partial charge in [-0.1, -0.05) is 68.3 Å². The summed E-state index contributed by atoms with van der Waals surface area (Å²) >= 11 is 0. The second-order valence-corrected chi connectivity index (χ2v) is 5.27. The molecule has 0 bridgehead atoms. The van der Waals surface area contributed by atoms with Gasteiger partial charge in [0.15, 0.2) is 0 Å². The standard InChI is InChI=1S/C20H21N/c1-2-3-4-5-17-6-8-18(9-7-17)10-11-19-12-14-20(16-21)15-13-19/h6-15H,2-5H2,1H3. The fourth-order valence-corrected chi connectivity index (χ4v) is 2.24. The van der Waals surface area contributed by atoms with Crippen LogP contribution in [0.25, 0.3) is 12.2 Å². The van der Waals surface area contributed by atoms with Crippen LogP contribution in [0.3, 0.4) is 0 Å². The summed E-state index contributed by atoms with van der Waals surface area (Å²) in [5, 5.41) is 8.77. The zero-order valence-electron chi connectivity index (χ0n) is 12.5. The van der Waals surface area contributed by atoms with Crippen LogP contribution in [0.2, 0.25) is 0 Å². The molecule has 0 heterocycles. The lowest BCUT2D eigenvalue weighted by Gasteiger charge is -2.01. The van der Waals surface area contributed by atoms with E-state index in [0.29, 0.717) is 5.56 Å². The normalized spacial score (nSPS) is 10.7. The van der Waals surface area contributed by atoms with Gasteiger partial charge in [-0.25, -0.2) is 0 Å². The van der Waals surface area contributed by atoms with E-state index in [0.717, 1.165) is 5.56 Å². The maximum Gasteiger partial charge on any atom is 0.0991 e. The number of hydrogen-bond acceptors (Lipinski definition) is 1. The van der Waals surface area contributed by atoms with Crippen LogP contribution in [-0.4, -0.2) is 0 Å². The summed E-state index contributed by atoms with van der Waals surface area (Å²) in [6, 6.07) is 18.5. The third kappa shape index (κ3) is 4.93. The molecule has 0 N–H and O–H groups in total. The number of hydrogen-bond donors (Lipinski definition) is 0. The fraction of sp³-hybridized carbons (Fsp3) is 0.250. The molecule has 106 valence electrons. The average Bonchev–Trinajstić information content (AvgIpc) is 2.55. The number of rotatable bonds is 6. The Hall–Kier alpha value is -2.33. The SMILES string of the molecule is CCCCCc1ccc(C=Cc2ccc(C#N)cc2)cc1. The van der Waals surface area contributed by atoms with Gasteiger partial charge in [-0.2, -0.15) is 5.26 Å². The zero-order chi connectivity index (χ0) is 14.9. The highest BCUT2D eigenvalue weighted by atomic mass is 14.2. The van der Waals surface area contributed by atoms with Crippen LogP contribution in [0.5, 0.6) is 0 Å². The summed E-state index contributed by atoms with van der Waals surface area (Å²) in [5.74, 6) is 0. The third-order valence-corrected chi connectivity index (χ3v) is 3.56. The average molecular weight is 275 g/mol. The van der Waals surface area contributed by atoms with Crippen LogP contribution >= 0.6 is 0 Å². The molecule has 0 radical (unpaired) electrons. The van der Waals surface area contributed by atoms with Crippen molar-refractivity contribution >= 4 is 12.2 Å². The van der Waals surface area contributed by atoms with Crippen LogP contribution in [0.1, 0.15) is 48.4 Å². The van der Waals surface area contributed by atoms with Gasteiger partial charge in [-0.05, 0) is 41.7 Å². The molecule has 1 heteroatoms. The minimum Gasteiger partial charge on any atom is -0.192 e. The Labute approximate surface area is 127 Å². The van der Waals surface area contributed by atoms with Crippen molar-refractivity contribution in [1.82, 2.24) is 0 Å². The van der Waals surface area contributed by atoms with Crippen molar-refractivity contribution in [3.63, 3.8) is 0 Å². The maximum absolute atomic E-state index is 8.77. The first-order valence-electron chi connectivity index (χ1n) is 7.59. The first-order chi connectivity index (χ1) is 10.3. The van der Waals surface area contributed by atoms with E-state index >= 15 is 0 Å². The highest BCUT2D eigenvalue weighted by Gasteiger charge is 1.94. The smallest absolute Gasteiger partial charge is 0.0991 e. The van der Waals surface area contributed by atoms with Gasteiger partial charge in [0.1, 0.15) is 0 Å². The number of aryl methyl sites for hydroxylation is 1. The number of nitriles is 1. The Balaban J connectivity index is 1.95. The van der Waals surface area contributed by atoms with Crippen LogP contribution < -0.4 is 0 Å². The molecule has 1 nitrogen and oxygen atoms in total. The Morgan fingerprint density at radius 1 is 0.857 bits per heavy atom. The van der Waals surface area contributed by atoms with Crippen molar-refractivity contribution in [2.24, 2.45) is 0 Å². The lowest BCUT2D eigenvalue weighted by atomic mass is 10.0. The third-order valence-electron chi connectivity index (χ3n) is 3.56. The molecule has 0 aliphatic heterocycles. The molecule has 2 rings (SSSR count). The molecule has 0 spiro atoms. The highest BCUT2D eigenvalue weighted by Crippen LogP contribution is 2.12. The molecule has 0 aliphatic rings. The van der Waals surface area contributed by atoms with E-state index in [1.807, 2.05) is 24.3 Å². The lowest BCUT2D eigenvalue weighted by molar-refractivity contribution is 0.717. The Morgan fingerprint density at radius 2 is 1.43 bits per heavy atom. The van der Waals surface area contributed by atoms with Crippen LogP contribution in [-0.2, 0) is 6.42 Å². The number of nitrogens with zero attached hydrogens (tertiary/aromatic N) is 1. The first kappa shape index (κ1) is 15.1. The predicted octanol–water partition coefficient (Wildman–Crippen LogP) is 5.46. The van der Waals surface area contributed by atoms with Crippen LogP contribution in [0, 0.1) is 11.3 Å². The summed E-state index contributed by atoms with van der Waals surface area (Å²) in [4.78, 5) is 0. The molecule has 0 amide bonds. The van der Waals surface area contributed by atoms with Gasteiger partial charge in [-0.15, -0.1) is 0 Å². The zero-order valence-corrected chi connectivity index (χ0v) is 12.5. The van der Waals surface area contributed by atoms with E-state index in [1.165, 1.54) is 36.8 Å². The van der Waals surface area contributed by atoms with Crippen molar-refractivity contribution in [1.29, 1.82) is 5.26 Å². The van der Waals surface area contributed by atoms with Crippen molar-refractivity contribution in [3.05, 3.63) is 70.8 Å². The van der Waals surface area contributed by atoms with Crippen LogP contribution in [0.4, 0.5) is 0 Å². The monoisotopic (exact) mass is 275 g/mol. The first-order valence-corrected chi connectivity index (χ1v) is 7.59. The maximum atomic E-state index is 8.77. The molecule has 0 atom stereocenters. The Kier molecular flexibility index (Phi) is 5.79. The van der Waals surface area contributed by atoms with E-state index in [4.69, 9.17) is 5.26 Å². The molecular formula is C20H21N. The largest absolute Gasteiger partial charge is 0.192 e. The summed E-state index contributed by atoms with van der Waals surface area (Å²) < 4.78 is 0. The van der Waals surface area contributed by atoms with Crippen molar-refractivity contribution < 1.29 is 0 Å². The lowest BCUT2D eigenvalue weighted by Crippen LogP contribution is -1.85. The van der Waals surface area contributed by atoms with Gasteiger partial charge < -0.3 is 0 Å². The summed E-state index contributed by atoms with van der Waals surface area (Å²) in [6.45, 7) is 2.23. The van der Waals surface area contributed by atoms with Gasteiger partial charge >= 0.3 is 0 Å². The van der Waals surface area contributed by atoms with Gasteiger partial charge in [0, 0.05) is 0 Å². The highest BCUT2D eigenvalue weighted by molar-refractivity contribution is 5.69. The summed E-state index contributed by atoms with van der Waals surface area (Å²) in [6.07, 6.45) is 9.21. The van der Waals surface area contributed by atoms with E-state index in [2.05, 4.69) is 49.4 Å². The van der Waals surface area contributed by atoms with Crippen molar-refractivity contribution in [2.75, 3.05) is 0 Å². The predicted molar refractivity (Wildman–Crippen MR) is 89.8 cm³/mol. The molecule has 0 unspecified atom stereocenters. The van der Waals surface area contributed by atoms with Gasteiger partial charge in [0.05, 0.1) is 11.6 Å². The Morgan fingerprint density at radius 3 is 1.95 bits per heavy atom. The van der Waals surface area contributed by atoms with Gasteiger partial charge in [0.25, 0.3) is 0 Å². The molecule has 2 aromatic rings. The minimum absolute atomic E-state index is 0.698. The molecular weight excluding hydrogens is 254 g/mol. The Bertz CT molecular complexity index is 612. The summed E-state index contributed by atoms with van der Waals surface area (Å²) in [7, 11) is 0. The molecule has 0 saturated heterocycles. The number of benzene rings is 2. The van der Waals surface area contributed by atoms with E-state index < -0.39 is 0 Å². The van der Waals surface area contributed by atoms with Gasteiger partial charge in [0.2, 0.25) is 0 Å². The van der Waals surface area contributed by atoms with Gasteiger partial charge in [-0.3, -0.25) is 0 Å². The van der Waals surface area contributed by atoms with Crippen molar-refractivity contribution in [3.8, 4) is 6.07 Å². The number of unbranched alkanes of at least 4 members (excludes halogenated alkanes) is 2. The molecule has 2 aromatic carbocycles. The second-order valence-electron chi connectivity index (χ2n) is 5.27. The van der Waals surface area contributed by atoms with Crippen molar-refractivity contribution in [2.45, 2.75) is 32.6 Å². The summed E-state index contributed by atoms with van der Waals surface area (Å²) in [5.41, 5.74) is 4.43. The fourth-order valence-electron chi connectivity index (χ4n) is 2.24. The molecule has 0 saturated carbocycles. The minimum atomic E-state index is 0.698. The molecule has 0 aliphatic carbocycles. The quantitative estimate of drug-likeness (QED) is 0.507. The second kappa shape index (κ2) is 8.07. The molecule has 0 aromatic heterocycles. The van der Waals surface area contributed by atoms with E-state index in [9.17, 15) is 0 Å². The van der Waals surface area contributed by atoms with Crippen LogP contribution in [0.15, 0.2) is 48.5 Å². The molecule has 21 heavy (non-hydrogen) atoms. The van der Waals surface area contributed by atoms with E-state index in [-0.39, 0.29) is 0 Å². The topological polar surface area (TPSA) is 23.8 Å².